The lowest BCUT2D eigenvalue weighted by Gasteiger charge is -2.32. The van der Waals surface area contributed by atoms with Gasteiger partial charge in [-0.2, -0.15) is 0 Å². The van der Waals surface area contributed by atoms with Gasteiger partial charge in [0, 0.05) is 23.5 Å². The lowest BCUT2D eigenvalue weighted by molar-refractivity contribution is 0.179. The van der Waals surface area contributed by atoms with E-state index >= 15 is 0 Å². The molecule has 0 unspecified atom stereocenters. The summed E-state index contributed by atoms with van der Waals surface area (Å²) < 4.78 is 0. The number of hydrogen-bond acceptors (Lipinski definition) is 3. The van der Waals surface area contributed by atoms with Gasteiger partial charge in [-0.3, -0.25) is 4.90 Å². The molecule has 2 saturated heterocycles. The van der Waals surface area contributed by atoms with Crippen molar-refractivity contribution in [3.05, 3.63) is 22.4 Å². The molecule has 2 fully saturated rings. The minimum absolute atomic E-state index is 0.0224. The number of carbonyl (C=O) groups excluding carboxylic acids is 1. The van der Waals surface area contributed by atoms with Gasteiger partial charge in [0.25, 0.3) is 0 Å². The van der Waals surface area contributed by atoms with E-state index in [1.54, 1.807) is 11.3 Å². The maximum Gasteiger partial charge on any atom is 0.315 e. The van der Waals surface area contributed by atoms with Gasteiger partial charge in [0.1, 0.15) is 0 Å². The van der Waals surface area contributed by atoms with Crippen molar-refractivity contribution in [3.63, 3.8) is 0 Å². The second-order valence-electron chi connectivity index (χ2n) is 5.40. The molecule has 3 rings (SSSR count). The van der Waals surface area contributed by atoms with Gasteiger partial charge < -0.3 is 10.6 Å². The molecule has 2 aliphatic heterocycles. The number of nitrogens with one attached hydrogen (secondary N) is 2. The molecule has 0 aromatic carbocycles. The number of hydrogen-bond donors (Lipinski definition) is 2. The van der Waals surface area contributed by atoms with Crippen LogP contribution in [0.15, 0.2) is 17.5 Å². The van der Waals surface area contributed by atoms with E-state index in [2.05, 4.69) is 15.5 Å². The van der Waals surface area contributed by atoms with Gasteiger partial charge in [0.05, 0.1) is 6.54 Å². The lowest BCUT2D eigenvalue weighted by Crippen LogP contribution is -2.49. The largest absolute Gasteiger partial charge is 0.334 e. The third-order valence-electron chi connectivity index (χ3n) is 4.18. The number of nitrogens with zero attached hydrogens (tertiary/aromatic N) is 1. The molecule has 104 valence electrons. The monoisotopic (exact) mass is 279 g/mol. The van der Waals surface area contributed by atoms with Crippen molar-refractivity contribution in [1.29, 1.82) is 0 Å². The summed E-state index contributed by atoms with van der Waals surface area (Å²) in [6.45, 7) is 2.98. The first-order chi connectivity index (χ1) is 9.33. The zero-order valence-electron chi connectivity index (χ0n) is 11.1. The molecular formula is C14H21N3OS. The number of carbonyl (C=O) groups is 1. The molecule has 1 aromatic heterocycles. The Balaban J connectivity index is 1.47. The third-order valence-corrected chi connectivity index (χ3v) is 5.05. The van der Waals surface area contributed by atoms with E-state index in [1.165, 1.54) is 30.7 Å². The number of fused-ring (bicyclic) bond motifs is 1. The summed E-state index contributed by atoms with van der Waals surface area (Å²) in [4.78, 5) is 15.7. The number of amides is 2. The molecule has 19 heavy (non-hydrogen) atoms. The molecule has 2 amide bonds. The molecule has 0 aliphatic carbocycles. The molecule has 1 aromatic rings. The average molecular weight is 279 g/mol. The fourth-order valence-electron chi connectivity index (χ4n) is 3.22. The molecule has 0 saturated carbocycles. The van der Waals surface area contributed by atoms with Crippen molar-refractivity contribution in [2.24, 2.45) is 0 Å². The summed E-state index contributed by atoms with van der Waals surface area (Å²) in [5.41, 5.74) is 0. The van der Waals surface area contributed by atoms with Crippen LogP contribution in [0.1, 0.15) is 30.6 Å². The summed E-state index contributed by atoms with van der Waals surface area (Å²) in [5, 5.41) is 8.14. The van der Waals surface area contributed by atoms with E-state index < -0.39 is 0 Å². The summed E-state index contributed by atoms with van der Waals surface area (Å²) in [7, 11) is 0. The van der Waals surface area contributed by atoms with Crippen LogP contribution < -0.4 is 10.6 Å². The first-order valence-corrected chi connectivity index (χ1v) is 8.02. The summed E-state index contributed by atoms with van der Waals surface area (Å²) in [6.07, 6.45) is 4.94. The Kier molecular flexibility index (Phi) is 4.03. The third kappa shape index (κ3) is 3.09. The first kappa shape index (κ1) is 12.9. The van der Waals surface area contributed by atoms with Gasteiger partial charge in [-0.05, 0) is 37.3 Å². The molecule has 0 radical (unpaired) electrons. The van der Waals surface area contributed by atoms with Gasteiger partial charge in [-0.15, -0.1) is 11.3 Å². The molecule has 2 N–H and O–H groups in total. The Labute approximate surface area is 118 Å². The highest BCUT2D eigenvalue weighted by Crippen LogP contribution is 2.26. The van der Waals surface area contributed by atoms with Gasteiger partial charge in [-0.1, -0.05) is 12.5 Å². The number of rotatable bonds is 3. The topological polar surface area (TPSA) is 44.4 Å². The Morgan fingerprint density at radius 1 is 1.37 bits per heavy atom. The highest BCUT2D eigenvalue weighted by atomic mass is 32.1. The van der Waals surface area contributed by atoms with Crippen LogP contribution in [0.4, 0.5) is 4.79 Å². The fraction of sp³-hybridized carbons (Fsp3) is 0.643. The van der Waals surface area contributed by atoms with Gasteiger partial charge in [0.2, 0.25) is 0 Å². The van der Waals surface area contributed by atoms with Crippen LogP contribution in [0.25, 0.3) is 0 Å². The van der Waals surface area contributed by atoms with E-state index in [1.807, 2.05) is 17.5 Å². The van der Waals surface area contributed by atoms with Crippen LogP contribution in [0.3, 0.4) is 0 Å². The normalized spacial score (nSPS) is 26.9. The molecule has 5 heteroatoms. The highest BCUT2D eigenvalue weighted by Gasteiger charge is 2.36. The molecule has 3 heterocycles. The van der Waals surface area contributed by atoms with Crippen molar-refractivity contribution < 1.29 is 4.79 Å². The quantitative estimate of drug-likeness (QED) is 0.890. The minimum atomic E-state index is -0.0224. The van der Waals surface area contributed by atoms with Crippen molar-refractivity contribution >= 4 is 17.4 Å². The number of thiophene rings is 1. The van der Waals surface area contributed by atoms with Crippen LogP contribution >= 0.6 is 11.3 Å². The van der Waals surface area contributed by atoms with E-state index in [0.717, 1.165) is 13.0 Å². The average Bonchev–Trinajstić information content (AvgIpc) is 3.07. The molecule has 0 bridgehead atoms. The zero-order valence-corrected chi connectivity index (χ0v) is 11.9. The minimum Gasteiger partial charge on any atom is -0.334 e. The van der Waals surface area contributed by atoms with Crippen molar-refractivity contribution in [2.75, 3.05) is 13.1 Å². The first-order valence-electron chi connectivity index (χ1n) is 7.14. The number of piperidine rings is 1. The predicted molar refractivity (Wildman–Crippen MR) is 77.3 cm³/mol. The highest BCUT2D eigenvalue weighted by molar-refractivity contribution is 7.09. The zero-order chi connectivity index (χ0) is 13.1. The van der Waals surface area contributed by atoms with Crippen LogP contribution in [-0.2, 0) is 6.54 Å². The summed E-state index contributed by atoms with van der Waals surface area (Å²) in [5.74, 6) is 0. The second kappa shape index (κ2) is 5.92. The van der Waals surface area contributed by atoms with Gasteiger partial charge in [0.15, 0.2) is 0 Å². The molecule has 0 spiro atoms. The van der Waals surface area contributed by atoms with Gasteiger partial charge >= 0.3 is 6.03 Å². The Morgan fingerprint density at radius 2 is 2.32 bits per heavy atom. The smallest absolute Gasteiger partial charge is 0.315 e. The Morgan fingerprint density at radius 3 is 3.16 bits per heavy atom. The molecular weight excluding hydrogens is 258 g/mol. The van der Waals surface area contributed by atoms with E-state index in [0.29, 0.717) is 18.6 Å². The van der Waals surface area contributed by atoms with Crippen LogP contribution in [0.2, 0.25) is 0 Å². The van der Waals surface area contributed by atoms with Crippen LogP contribution in [0.5, 0.6) is 0 Å². The standard InChI is InChI=1S/C14H21N3OS/c18-14(15-10-11-4-3-9-19-11)16-12-6-8-17-7-2-1-5-13(12)17/h3-4,9,12-13H,1-2,5-8,10H2,(H2,15,16,18)/t12-,13+/m0/s1. The van der Waals surface area contributed by atoms with Crippen LogP contribution in [0, 0.1) is 0 Å². The maximum absolute atomic E-state index is 11.9. The fourth-order valence-corrected chi connectivity index (χ4v) is 3.86. The van der Waals surface area contributed by atoms with Crippen LogP contribution in [-0.4, -0.2) is 36.1 Å². The van der Waals surface area contributed by atoms with E-state index in [-0.39, 0.29) is 6.03 Å². The second-order valence-corrected chi connectivity index (χ2v) is 6.43. The Bertz CT molecular complexity index is 420. The molecule has 2 aliphatic rings. The summed E-state index contributed by atoms with van der Waals surface area (Å²) in [6, 6.07) is 4.94. The lowest BCUT2D eigenvalue weighted by atomic mass is 9.99. The van der Waals surface area contributed by atoms with Gasteiger partial charge in [-0.25, -0.2) is 4.79 Å². The summed E-state index contributed by atoms with van der Waals surface area (Å²) >= 11 is 1.68. The Hall–Kier alpha value is -1.07. The van der Waals surface area contributed by atoms with E-state index in [9.17, 15) is 4.79 Å². The molecule has 2 atom stereocenters. The van der Waals surface area contributed by atoms with Crippen molar-refractivity contribution in [3.8, 4) is 0 Å². The predicted octanol–water partition coefficient (Wildman–Crippen LogP) is 2.17. The van der Waals surface area contributed by atoms with Crippen molar-refractivity contribution in [1.82, 2.24) is 15.5 Å². The SMILES string of the molecule is O=C(NCc1cccs1)N[C@H]1CCN2CCCC[C@H]12. The van der Waals surface area contributed by atoms with E-state index in [4.69, 9.17) is 0 Å². The number of urea groups is 1. The maximum atomic E-state index is 11.9. The molecule has 4 nitrogen and oxygen atoms in total. The van der Waals surface area contributed by atoms with Crippen molar-refractivity contribution in [2.45, 2.75) is 44.3 Å².